The summed E-state index contributed by atoms with van der Waals surface area (Å²) in [7, 11) is 5.20. The normalized spacial score (nSPS) is 20.4. The van der Waals surface area contributed by atoms with Gasteiger partial charge in [-0.15, -0.1) is 0 Å². The van der Waals surface area contributed by atoms with Crippen molar-refractivity contribution in [3.63, 3.8) is 0 Å². The first kappa shape index (κ1) is 27.6. The van der Waals surface area contributed by atoms with Crippen molar-refractivity contribution in [3.05, 3.63) is 48.5 Å². The quantitative estimate of drug-likeness (QED) is 0.148. The van der Waals surface area contributed by atoms with E-state index in [0.717, 1.165) is 5.39 Å². The molecule has 0 radical (unpaired) electrons. The number of ether oxygens (including phenoxy) is 3. The minimum Gasteiger partial charge on any atom is -0.491 e. The number of anilines is 3. The SMILES string of the molecule is CNc1nc(NCCOC)c2ccc(OC[C@H]3O[C@@H](c4cc(-c5ccn(C)n5)c5c(N)ncnn45)[C@H](O)[C@@H]3O)cc2n1. The number of hydrogen-bond donors (Lipinski definition) is 5. The van der Waals surface area contributed by atoms with E-state index in [-0.39, 0.29) is 12.4 Å². The molecule has 0 amide bonds. The van der Waals surface area contributed by atoms with Gasteiger partial charge in [0, 0.05) is 51.0 Å². The van der Waals surface area contributed by atoms with E-state index >= 15 is 0 Å². The van der Waals surface area contributed by atoms with E-state index in [2.05, 4.69) is 35.8 Å². The molecule has 1 aromatic carbocycles. The molecular weight excluding hydrogens is 544 g/mol. The van der Waals surface area contributed by atoms with Crippen molar-refractivity contribution in [1.29, 1.82) is 0 Å². The molecule has 0 saturated carbocycles. The van der Waals surface area contributed by atoms with Crippen LogP contribution < -0.4 is 21.1 Å². The first-order valence-electron chi connectivity index (χ1n) is 13.4. The zero-order chi connectivity index (χ0) is 29.4. The third-order valence-electron chi connectivity index (χ3n) is 7.16. The Hall–Kier alpha value is -4.57. The fourth-order valence-electron chi connectivity index (χ4n) is 5.08. The van der Waals surface area contributed by atoms with Crippen LogP contribution in [0.4, 0.5) is 17.6 Å². The highest BCUT2D eigenvalue weighted by molar-refractivity contribution is 5.91. The van der Waals surface area contributed by atoms with Crippen LogP contribution in [0.25, 0.3) is 27.7 Å². The van der Waals surface area contributed by atoms with Gasteiger partial charge in [-0.2, -0.15) is 15.2 Å². The van der Waals surface area contributed by atoms with E-state index in [9.17, 15) is 10.2 Å². The number of aliphatic hydroxyl groups is 2. The number of aliphatic hydroxyl groups excluding tert-OH is 2. The Morgan fingerprint density at radius 1 is 1.14 bits per heavy atom. The molecular formula is C27H32N10O5. The lowest BCUT2D eigenvalue weighted by Crippen LogP contribution is -2.34. The van der Waals surface area contributed by atoms with E-state index in [4.69, 9.17) is 19.9 Å². The summed E-state index contributed by atoms with van der Waals surface area (Å²) in [6, 6.07) is 9.08. The highest BCUT2D eigenvalue weighted by Gasteiger charge is 2.45. The molecule has 5 aromatic rings. The molecule has 1 saturated heterocycles. The number of nitrogen functional groups attached to an aromatic ring is 1. The number of aromatic nitrogens is 7. The van der Waals surface area contributed by atoms with Crippen LogP contribution in [-0.2, 0) is 16.5 Å². The van der Waals surface area contributed by atoms with Gasteiger partial charge in [-0.3, -0.25) is 4.68 Å². The summed E-state index contributed by atoms with van der Waals surface area (Å²) in [6.45, 7) is 1.10. The van der Waals surface area contributed by atoms with Crippen molar-refractivity contribution in [2.45, 2.75) is 24.4 Å². The Bertz CT molecular complexity index is 1720. The molecule has 0 bridgehead atoms. The van der Waals surface area contributed by atoms with Crippen molar-refractivity contribution in [3.8, 4) is 17.0 Å². The average Bonchev–Trinajstić information content (AvgIpc) is 3.67. The topological polar surface area (TPSA) is 192 Å². The number of rotatable bonds is 10. The fraction of sp³-hybridized carbons (Fsp3) is 0.370. The summed E-state index contributed by atoms with van der Waals surface area (Å²) < 4.78 is 20.5. The number of nitrogens with one attached hydrogen (secondary N) is 2. The number of fused-ring (bicyclic) bond motifs is 2. The van der Waals surface area contributed by atoms with Gasteiger partial charge in [-0.1, -0.05) is 0 Å². The molecule has 15 heteroatoms. The predicted octanol–water partition coefficient (Wildman–Crippen LogP) is 0.996. The molecule has 0 unspecified atom stereocenters. The molecule has 1 aliphatic rings. The third-order valence-corrected chi connectivity index (χ3v) is 7.16. The molecule has 15 nitrogen and oxygen atoms in total. The number of methoxy groups -OCH3 is 1. The van der Waals surface area contributed by atoms with Gasteiger partial charge >= 0.3 is 0 Å². The minimum atomic E-state index is -1.24. The van der Waals surface area contributed by atoms with Gasteiger partial charge in [-0.25, -0.2) is 14.5 Å². The second-order valence-corrected chi connectivity index (χ2v) is 9.89. The van der Waals surface area contributed by atoms with Gasteiger partial charge < -0.3 is 40.8 Å². The van der Waals surface area contributed by atoms with Crippen LogP contribution in [-0.4, -0.2) is 96.8 Å². The van der Waals surface area contributed by atoms with Crippen LogP contribution in [0.1, 0.15) is 11.8 Å². The third kappa shape index (κ3) is 5.02. The van der Waals surface area contributed by atoms with Crippen LogP contribution in [0.15, 0.2) is 42.9 Å². The molecule has 4 atom stereocenters. The average molecular weight is 577 g/mol. The van der Waals surface area contributed by atoms with Gasteiger partial charge in [-0.05, 0) is 24.3 Å². The summed E-state index contributed by atoms with van der Waals surface area (Å²) >= 11 is 0. The Balaban J connectivity index is 1.23. The summed E-state index contributed by atoms with van der Waals surface area (Å²) in [4.78, 5) is 13.2. The molecule has 0 aliphatic carbocycles. The summed E-state index contributed by atoms with van der Waals surface area (Å²) in [5.74, 6) is 1.89. The molecule has 5 heterocycles. The largest absolute Gasteiger partial charge is 0.491 e. The van der Waals surface area contributed by atoms with Crippen molar-refractivity contribution in [1.82, 2.24) is 34.3 Å². The van der Waals surface area contributed by atoms with Crippen LogP contribution in [0.3, 0.4) is 0 Å². The maximum Gasteiger partial charge on any atom is 0.224 e. The summed E-state index contributed by atoms with van der Waals surface area (Å²) in [5, 5.41) is 37.8. The van der Waals surface area contributed by atoms with Gasteiger partial charge in [0.25, 0.3) is 0 Å². The molecule has 4 aromatic heterocycles. The zero-order valence-electron chi connectivity index (χ0n) is 23.3. The zero-order valence-corrected chi connectivity index (χ0v) is 23.3. The van der Waals surface area contributed by atoms with E-state index in [0.29, 0.717) is 58.7 Å². The van der Waals surface area contributed by atoms with Crippen LogP contribution >= 0.6 is 0 Å². The maximum atomic E-state index is 11.0. The Labute approximate surface area is 240 Å². The lowest BCUT2D eigenvalue weighted by molar-refractivity contribution is -0.0187. The van der Waals surface area contributed by atoms with Crippen molar-refractivity contribution < 1.29 is 24.4 Å². The summed E-state index contributed by atoms with van der Waals surface area (Å²) in [5.41, 5.74) is 9.26. The van der Waals surface area contributed by atoms with E-state index in [1.54, 1.807) is 41.6 Å². The van der Waals surface area contributed by atoms with Crippen LogP contribution in [0.2, 0.25) is 0 Å². The molecule has 6 N–H and O–H groups in total. The molecule has 42 heavy (non-hydrogen) atoms. The molecule has 1 aliphatic heterocycles. The highest BCUT2D eigenvalue weighted by Crippen LogP contribution is 2.39. The van der Waals surface area contributed by atoms with Crippen molar-refractivity contribution >= 4 is 34.0 Å². The van der Waals surface area contributed by atoms with Gasteiger partial charge in [0.05, 0.1) is 23.5 Å². The monoisotopic (exact) mass is 576 g/mol. The number of nitrogens with zero attached hydrogens (tertiary/aromatic N) is 7. The van der Waals surface area contributed by atoms with E-state index in [1.807, 2.05) is 25.4 Å². The minimum absolute atomic E-state index is 0.0172. The Morgan fingerprint density at radius 3 is 2.76 bits per heavy atom. The van der Waals surface area contributed by atoms with Crippen LogP contribution in [0, 0.1) is 0 Å². The second-order valence-electron chi connectivity index (χ2n) is 9.89. The lowest BCUT2D eigenvalue weighted by atomic mass is 10.1. The fourth-order valence-corrected chi connectivity index (χ4v) is 5.08. The highest BCUT2D eigenvalue weighted by atomic mass is 16.6. The van der Waals surface area contributed by atoms with Gasteiger partial charge in [0.15, 0.2) is 5.82 Å². The van der Waals surface area contributed by atoms with E-state index in [1.165, 1.54) is 6.33 Å². The Kier molecular flexibility index (Phi) is 7.47. The van der Waals surface area contributed by atoms with Gasteiger partial charge in [0.2, 0.25) is 5.95 Å². The van der Waals surface area contributed by atoms with Crippen molar-refractivity contribution in [2.24, 2.45) is 7.05 Å². The molecule has 1 fully saturated rings. The molecule has 0 spiro atoms. The number of hydrogen-bond acceptors (Lipinski definition) is 13. The number of nitrogens with two attached hydrogens (primary N) is 1. The van der Waals surface area contributed by atoms with Crippen molar-refractivity contribution in [2.75, 3.05) is 50.3 Å². The number of aryl methyl sites for hydroxylation is 1. The number of benzene rings is 1. The molecule has 6 rings (SSSR count). The van der Waals surface area contributed by atoms with E-state index < -0.39 is 24.4 Å². The smallest absolute Gasteiger partial charge is 0.224 e. The first-order valence-corrected chi connectivity index (χ1v) is 13.4. The standard InChI is InChI=1S/C27H32N10O5/c1-29-27-33-18-10-14(4-5-15(18)26(34-27)30-7-9-40-3)41-12-20-22(38)23(39)24(42-20)19-11-16(17-6-8-36(2)35-17)21-25(28)31-13-32-37(19)21/h4-6,8,10-11,13,20,22-24,38-39H,7,9,12H2,1-3H3,(H2,28,31,32)(H2,29,30,33,34)/t20-,22-,23-,24+/m1/s1. The van der Waals surface area contributed by atoms with Gasteiger partial charge in [0.1, 0.15) is 54.4 Å². The predicted molar refractivity (Wildman–Crippen MR) is 154 cm³/mol. The Morgan fingerprint density at radius 2 is 2.00 bits per heavy atom. The molecule has 220 valence electrons. The summed E-state index contributed by atoms with van der Waals surface area (Å²) in [6.07, 6.45) is -1.05. The first-order chi connectivity index (χ1) is 20.4. The lowest BCUT2D eigenvalue weighted by Gasteiger charge is -2.16. The van der Waals surface area contributed by atoms with Crippen LogP contribution in [0.5, 0.6) is 5.75 Å². The second kappa shape index (κ2) is 11.4. The maximum absolute atomic E-state index is 11.0.